The number of amides is 1. The van der Waals surface area contributed by atoms with Crippen LogP contribution in [0.1, 0.15) is 46.5 Å². The van der Waals surface area contributed by atoms with Crippen LogP contribution in [0.25, 0.3) is 11.1 Å². The molecule has 0 saturated carbocycles. The van der Waals surface area contributed by atoms with Crippen LogP contribution in [-0.2, 0) is 14.8 Å². The average Bonchev–Trinajstić information content (AvgIpc) is 2.81. The van der Waals surface area contributed by atoms with Gasteiger partial charge in [-0.25, -0.2) is 13.2 Å². The van der Waals surface area contributed by atoms with Crippen LogP contribution in [0, 0.1) is 33.6 Å². The van der Waals surface area contributed by atoms with Crippen LogP contribution in [0.3, 0.4) is 0 Å². The zero-order valence-corrected chi connectivity index (χ0v) is 22.2. The molecule has 8 heteroatoms. The number of nitrogens with one attached hydrogen (secondary N) is 2. The lowest BCUT2D eigenvalue weighted by molar-refractivity contribution is -0.140. The van der Waals surface area contributed by atoms with E-state index in [0.29, 0.717) is 16.7 Å². The molecule has 0 aromatic heterocycles. The van der Waals surface area contributed by atoms with Crippen LogP contribution in [0.15, 0.2) is 59.5 Å². The molecule has 0 saturated heterocycles. The molecule has 3 N–H and O–H groups in total. The predicted molar refractivity (Wildman–Crippen MR) is 142 cm³/mol. The number of aryl methyl sites for hydroxylation is 2. The van der Waals surface area contributed by atoms with Gasteiger partial charge in [-0.2, -0.15) is 0 Å². The van der Waals surface area contributed by atoms with Gasteiger partial charge in [0.05, 0.1) is 16.1 Å². The molecule has 190 valence electrons. The second-order valence-electron chi connectivity index (χ2n) is 9.35. The van der Waals surface area contributed by atoms with Crippen LogP contribution >= 0.6 is 0 Å². The lowest BCUT2D eigenvalue weighted by Gasteiger charge is -2.21. The topological polar surface area (TPSA) is 113 Å². The van der Waals surface area contributed by atoms with Crippen molar-refractivity contribution in [3.63, 3.8) is 0 Å². The van der Waals surface area contributed by atoms with Gasteiger partial charge in [-0.05, 0) is 79.1 Å². The number of sulfonamides is 1. The van der Waals surface area contributed by atoms with Crippen LogP contribution < -0.4 is 10.0 Å². The van der Waals surface area contributed by atoms with Crippen LogP contribution in [0.2, 0.25) is 0 Å². The van der Waals surface area contributed by atoms with E-state index in [1.54, 1.807) is 39.8 Å². The van der Waals surface area contributed by atoms with Crippen LogP contribution in [0.4, 0.5) is 5.69 Å². The van der Waals surface area contributed by atoms with Crippen LogP contribution in [-0.4, -0.2) is 31.4 Å². The molecule has 0 bridgehead atoms. The lowest BCUT2D eigenvalue weighted by atomic mass is 10.0. The Hall–Kier alpha value is -3.65. The molecule has 0 aliphatic rings. The van der Waals surface area contributed by atoms with Gasteiger partial charge < -0.3 is 10.4 Å². The number of benzene rings is 3. The van der Waals surface area contributed by atoms with E-state index < -0.39 is 27.9 Å². The summed E-state index contributed by atoms with van der Waals surface area (Å²) in [6, 6.07) is 15.0. The largest absolute Gasteiger partial charge is 0.480 e. The van der Waals surface area contributed by atoms with E-state index in [4.69, 9.17) is 0 Å². The molecule has 1 amide bonds. The van der Waals surface area contributed by atoms with Gasteiger partial charge in [0.2, 0.25) is 0 Å². The first kappa shape index (κ1) is 26.9. The van der Waals surface area contributed by atoms with Crippen molar-refractivity contribution in [3.05, 3.63) is 82.4 Å². The van der Waals surface area contributed by atoms with Crippen molar-refractivity contribution < 1.29 is 23.1 Å². The summed E-state index contributed by atoms with van der Waals surface area (Å²) in [5.41, 5.74) is 4.59. The number of aliphatic carboxylic acids is 1. The molecule has 7 nitrogen and oxygen atoms in total. The number of hydrogen-bond acceptors (Lipinski definition) is 4. The first-order valence-electron chi connectivity index (χ1n) is 11.7. The molecule has 1 atom stereocenters. The van der Waals surface area contributed by atoms with Crippen molar-refractivity contribution in [2.24, 2.45) is 5.92 Å². The van der Waals surface area contributed by atoms with Gasteiger partial charge in [-0.15, -0.1) is 0 Å². The summed E-state index contributed by atoms with van der Waals surface area (Å²) < 4.78 is 30.0. The summed E-state index contributed by atoms with van der Waals surface area (Å²) in [5.74, 6) is -2.21. The molecule has 0 aliphatic carbocycles. The number of hydrogen-bond donors (Lipinski definition) is 3. The molecule has 0 aliphatic heterocycles. The minimum absolute atomic E-state index is 0.0323. The van der Waals surface area contributed by atoms with E-state index in [9.17, 15) is 23.1 Å². The Morgan fingerprint density at radius 1 is 0.833 bits per heavy atom. The fourth-order valence-electron chi connectivity index (χ4n) is 4.15. The number of anilines is 1. The van der Waals surface area contributed by atoms with Gasteiger partial charge >= 0.3 is 5.97 Å². The van der Waals surface area contributed by atoms with Gasteiger partial charge in [0, 0.05) is 0 Å². The first-order valence-corrected chi connectivity index (χ1v) is 13.1. The van der Waals surface area contributed by atoms with Crippen molar-refractivity contribution in [2.75, 3.05) is 4.72 Å². The highest BCUT2D eigenvalue weighted by Gasteiger charge is 2.28. The maximum atomic E-state index is 13.7. The Morgan fingerprint density at radius 2 is 1.42 bits per heavy atom. The molecule has 0 spiro atoms. The van der Waals surface area contributed by atoms with Crippen molar-refractivity contribution in [1.29, 1.82) is 0 Å². The lowest BCUT2D eigenvalue weighted by Crippen LogP contribution is -2.44. The fraction of sp³-hybridized carbons (Fsp3) is 0.286. The minimum atomic E-state index is -4.08. The Bertz CT molecular complexity index is 1390. The number of rotatable bonds is 8. The molecule has 0 heterocycles. The van der Waals surface area contributed by atoms with Gasteiger partial charge in [0.25, 0.3) is 15.9 Å². The van der Waals surface area contributed by atoms with E-state index in [0.717, 1.165) is 16.7 Å². The molecular weight excluding hydrogens is 476 g/mol. The summed E-state index contributed by atoms with van der Waals surface area (Å²) in [4.78, 5) is 25.0. The zero-order chi connectivity index (χ0) is 26.8. The highest BCUT2D eigenvalue weighted by molar-refractivity contribution is 7.92. The third-order valence-electron chi connectivity index (χ3n) is 6.40. The Balaban J connectivity index is 2.15. The average molecular weight is 509 g/mol. The predicted octanol–water partition coefficient (Wildman–Crippen LogP) is 5.23. The van der Waals surface area contributed by atoms with E-state index in [1.165, 1.54) is 6.07 Å². The molecule has 36 heavy (non-hydrogen) atoms. The third kappa shape index (κ3) is 5.60. The van der Waals surface area contributed by atoms with E-state index in [2.05, 4.69) is 10.0 Å². The molecule has 0 radical (unpaired) electrons. The third-order valence-corrected chi connectivity index (χ3v) is 8.04. The van der Waals surface area contributed by atoms with Crippen molar-refractivity contribution >= 4 is 27.6 Å². The van der Waals surface area contributed by atoms with Crippen molar-refractivity contribution in [3.8, 4) is 11.1 Å². The van der Waals surface area contributed by atoms with Crippen molar-refractivity contribution in [1.82, 2.24) is 5.32 Å². The molecule has 1 unspecified atom stereocenters. The SMILES string of the molecule is Cc1cc(C)c(C)c(S(=O)(=O)Nc2cc(-c3ccccc3)ccc2C(=O)NC(C(=O)O)C(C)C)c1C. The monoisotopic (exact) mass is 508 g/mol. The number of carbonyl (C=O) groups excluding carboxylic acids is 1. The standard InChI is InChI=1S/C28H32N2O5S/c1-16(2)25(28(32)33)29-27(31)23-13-12-22(21-10-8-7-9-11-21)15-24(23)30-36(34,35)26-19(5)17(3)14-18(4)20(26)6/h7-16,25,30H,1-6H3,(H,29,31)(H,32,33). The normalized spacial score (nSPS) is 12.3. The van der Waals surface area contributed by atoms with Crippen molar-refractivity contribution in [2.45, 2.75) is 52.5 Å². The Morgan fingerprint density at radius 3 is 1.94 bits per heavy atom. The maximum absolute atomic E-state index is 13.7. The molecular formula is C28H32N2O5S. The highest BCUT2D eigenvalue weighted by atomic mass is 32.2. The zero-order valence-electron chi connectivity index (χ0n) is 21.3. The van der Waals surface area contributed by atoms with Gasteiger partial charge in [-0.3, -0.25) is 9.52 Å². The Kier molecular flexibility index (Phi) is 7.89. The van der Waals surface area contributed by atoms with E-state index >= 15 is 0 Å². The van der Waals surface area contributed by atoms with Gasteiger partial charge in [-0.1, -0.05) is 56.3 Å². The quantitative estimate of drug-likeness (QED) is 0.386. The number of carboxylic acids is 1. The summed E-state index contributed by atoms with van der Waals surface area (Å²) in [6.45, 7) is 10.6. The number of carboxylic acid groups (broad SMARTS) is 1. The minimum Gasteiger partial charge on any atom is -0.480 e. The highest BCUT2D eigenvalue weighted by Crippen LogP contribution is 2.31. The smallest absolute Gasteiger partial charge is 0.326 e. The molecule has 3 aromatic rings. The second-order valence-corrected chi connectivity index (χ2v) is 11.0. The first-order chi connectivity index (χ1) is 16.8. The Labute approximate surface area is 212 Å². The van der Waals surface area contributed by atoms with Gasteiger partial charge in [0.1, 0.15) is 6.04 Å². The number of carbonyl (C=O) groups is 2. The van der Waals surface area contributed by atoms with E-state index in [-0.39, 0.29) is 22.1 Å². The van der Waals surface area contributed by atoms with Gasteiger partial charge in [0.15, 0.2) is 0 Å². The summed E-state index contributed by atoms with van der Waals surface area (Å²) in [6.07, 6.45) is 0. The maximum Gasteiger partial charge on any atom is 0.326 e. The van der Waals surface area contributed by atoms with E-state index in [1.807, 2.05) is 50.2 Å². The molecule has 0 fully saturated rings. The summed E-state index contributed by atoms with van der Waals surface area (Å²) in [7, 11) is -4.08. The fourth-order valence-corrected chi connectivity index (χ4v) is 5.84. The molecule has 3 aromatic carbocycles. The molecule has 3 rings (SSSR count). The second kappa shape index (κ2) is 10.5. The summed E-state index contributed by atoms with van der Waals surface area (Å²) in [5, 5.41) is 12.0. The summed E-state index contributed by atoms with van der Waals surface area (Å²) >= 11 is 0. The van der Waals surface area contributed by atoms with Crippen LogP contribution in [0.5, 0.6) is 0 Å².